The van der Waals surface area contributed by atoms with E-state index in [0.717, 1.165) is 16.1 Å². The molecule has 0 N–H and O–H groups in total. The Morgan fingerprint density at radius 2 is 1.56 bits per heavy atom. The zero-order valence-corrected chi connectivity index (χ0v) is 13.4. The minimum Gasteiger partial charge on any atom is -0.0580 e. The minimum absolute atomic E-state index is 0.286. The van der Waals surface area contributed by atoms with E-state index < -0.39 is 0 Å². The van der Waals surface area contributed by atoms with Gasteiger partial charge in [0, 0.05) is 27.4 Å². The van der Waals surface area contributed by atoms with Crippen molar-refractivity contribution in [3.63, 3.8) is 0 Å². The van der Waals surface area contributed by atoms with Crippen molar-refractivity contribution >= 4 is 21.8 Å². The monoisotopic (exact) mass is 280 g/mol. The number of hydrogen-bond acceptors (Lipinski definition) is 0. The van der Waals surface area contributed by atoms with Crippen molar-refractivity contribution in [3.05, 3.63) is 35.4 Å². The maximum Gasteiger partial charge on any atom is 0.187 e. The van der Waals surface area contributed by atoms with Crippen LogP contribution in [0.15, 0.2) is 24.3 Å². The summed E-state index contributed by atoms with van der Waals surface area (Å²) in [7, 11) is 1.47. The molecule has 1 aromatic rings. The second kappa shape index (κ2) is 4.79. The van der Waals surface area contributed by atoms with Gasteiger partial charge in [0.25, 0.3) is 0 Å². The van der Waals surface area contributed by atoms with Crippen molar-refractivity contribution in [2.45, 2.75) is 31.4 Å². The highest BCUT2D eigenvalue weighted by atomic mass is 32.2. The summed E-state index contributed by atoms with van der Waals surface area (Å²) in [4.78, 5) is 0. The van der Waals surface area contributed by atoms with Crippen LogP contribution in [0.25, 0.3) is 0 Å². The molecule has 1 unspecified atom stereocenters. The normalized spacial score (nSPS) is 31.6. The molecule has 1 aromatic carbocycles. The molecule has 1 atom stereocenters. The smallest absolute Gasteiger partial charge is 0.0580 e. The molecule has 3 saturated heterocycles. The summed E-state index contributed by atoms with van der Waals surface area (Å²) in [6, 6.07) is 9.57. The van der Waals surface area contributed by atoms with Crippen LogP contribution in [0, 0.1) is 0 Å². The topological polar surface area (TPSA) is 0 Å². The average Bonchev–Trinajstić information content (AvgIpc) is 2.39. The Morgan fingerprint density at radius 3 is 2.00 bits per heavy atom. The first-order chi connectivity index (χ1) is 8.54. The first kappa shape index (κ1) is 12.9. The molecule has 3 heterocycles. The Morgan fingerprint density at radius 1 is 0.944 bits per heavy atom. The first-order valence-corrected chi connectivity index (χ1v) is 10.3. The molecule has 2 heteroatoms. The lowest BCUT2D eigenvalue weighted by atomic mass is 9.86. The number of rotatable bonds is 1. The van der Waals surface area contributed by atoms with Gasteiger partial charge in [0.05, 0.1) is 0 Å². The molecule has 0 aromatic heterocycles. The SMILES string of the molecule is CC(C)(C)c1ccc(C2C[S+]3CC[S+]2CC3)cc1. The molecule has 0 amide bonds. The van der Waals surface area contributed by atoms with Crippen LogP contribution in [0.3, 0.4) is 0 Å². The van der Waals surface area contributed by atoms with E-state index >= 15 is 0 Å². The molecule has 3 aliphatic heterocycles. The number of fused-ring (bicyclic) bond motifs is 3. The predicted octanol–water partition coefficient (Wildman–Crippen LogP) is 3.29. The molecule has 0 radical (unpaired) electrons. The Labute approximate surface area is 117 Å². The van der Waals surface area contributed by atoms with Crippen molar-refractivity contribution < 1.29 is 0 Å². The van der Waals surface area contributed by atoms with E-state index in [1.165, 1.54) is 22.8 Å². The van der Waals surface area contributed by atoms with Crippen molar-refractivity contribution in [1.29, 1.82) is 0 Å². The molecular formula is C16H24S2+2. The standard InChI is InChI=1S/C16H24S2/c1-16(2,3)14-6-4-13(5-7-14)15-12-17-8-10-18(15)11-9-17/h4-7,15H,8-12H2,1-3H3/q+2. The van der Waals surface area contributed by atoms with Crippen molar-refractivity contribution in [3.8, 4) is 0 Å². The van der Waals surface area contributed by atoms with Gasteiger partial charge in [-0.05, 0) is 11.0 Å². The van der Waals surface area contributed by atoms with E-state index in [1.807, 2.05) is 0 Å². The fourth-order valence-corrected chi connectivity index (χ4v) is 10.3. The van der Waals surface area contributed by atoms with Crippen LogP contribution in [-0.2, 0) is 27.2 Å². The zero-order chi connectivity index (χ0) is 12.8. The van der Waals surface area contributed by atoms with Crippen LogP contribution < -0.4 is 0 Å². The Bertz CT molecular complexity index is 408. The molecule has 0 aliphatic carbocycles. The summed E-state index contributed by atoms with van der Waals surface area (Å²) in [6.45, 7) is 6.90. The van der Waals surface area contributed by atoms with Crippen molar-refractivity contribution in [2.24, 2.45) is 0 Å². The molecular weight excluding hydrogens is 256 g/mol. The average molecular weight is 281 g/mol. The van der Waals surface area contributed by atoms with Crippen molar-refractivity contribution in [1.82, 2.24) is 0 Å². The zero-order valence-electron chi connectivity index (χ0n) is 11.7. The van der Waals surface area contributed by atoms with Gasteiger partial charge in [0.1, 0.15) is 0 Å². The largest absolute Gasteiger partial charge is 0.187 e. The van der Waals surface area contributed by atoms with Gasteiger partial charge in [-0.3, -0.25) is 0 Å². The number of benzene rings is 1. The van der Waals surface area contributed by atoms with E-state index in [1.54, 1.807) is 17.1 Å². The molecule has 18 heavy (non-hydrogen) atoms. The van der Waals surface area contributed by atoms with Crippen LogP contribution in [-0.4, -0.2) is 28.8 Å². The first-order valence-electron chi connectivity index (χ1n) is 6.95. The minimum atomic E-state index is 0.286. The fraction of sp³-hybridized carbons (Fsp3) is 0.625. The summed E-state index contributed by atoms with van der Waals surface area (Å²) in [6.07, 6.45) is 0. The van der Waals surface area contributed by atoms with Gasteiger partial charge in [-0.2, -0.15) is 0 Å². The Balaban J connectivity index is 1.81. The maximum absolute atomic E-state index is 2.42. The van der Waals surface area contributed by atoms with Gasteiger partial charge in [0.15, 0.2) is 34.0 Å². The maximum atomic E-state index is 2.42. The lowest BCUT2D eigenvalue weighted by molar-refractivity contribution is 0.590. The molecule has 0 spiro atoms. The third-order valence-electron chi connectivity index (χ3n) is 4.21. The van der Waals surface area contributed by atoms with Gasteiger partial charge in [0.2, 0.25) is 0 Å². The highest BCUT2D eigenvalue weighted by Gasteiger charge is 2.50. The second-order valence-electron chi connectivity index (χ2n) is 6.49. The molecule has 4 rings (SSSR count). The molecule has 0 nitrogen and oxygen atoms in total. The van der Waals surface area contributed by atoms with E-state index in [0.29, 0.717) is 10.9 Å². The predicted molar refractivity (Wildman–Crippen MR) is 86.9 cm³/mol. The van der Waals surface area contributed by atoms with E-state index in [-0.39, 0.29) is 5.41 Å². The summed E-state index contributed by atoms with van der Waals surface area (Å²) >= 11 is 0. The lowest BCUT2D eigenvalue weighted by Gasteiger charge is -2.29. The van der Waals surface area contributed by atoms with Gasteiger partial charge < -0.3 is 0 Å². The van der Waals surface area contributed by atoms with Gasteiger partial charge >= 0.3 is 0 Å². The van der Waals surface area contributed by atoms with Crippen LogP contribution in [0.5, 0.6) is 0 Å². The molecule has 98 valence electrons. The molecule has 0 saturated carbocycles. The summed E-state index contributed by atoms with van der Waals surface area (Å²) in [5, 5.41) is 0.907. The van der Waals surface area contributed by atoms with Crippen LogP contribution in [0.1, 0.15) is 37.1 Å². The van der Waals surface area contributed by atoms with E-state index in [4.69, 9.17) is 0 Å². The second-order valence-corrected chi connectivity index (χ2v) is 11.3. The third kappa shape index (κ3) is 2.46. The van der Waals surface area contributed by atoms with E-state index in [9.17, 15) is 0 Å². The fourth-order valence-electron chi connectivity index (χ4n) is 2.90. The highest BCUT2D eigenvalue weighted by molar-refractivity contribution is 8.07. The quantitative estimate of drug-likeness (QED) is 0.693. The van der Waals surface area contributed by atoms with E-state index in [2.05, 4.69) is 45.0 Å². The Kier molecular flexibility index (Phi) is 3.44. The molecule has 3 aliphatic rings. The summed E-state index contributed by atoms with van der Waals surface area (Å²) < 4.78 is 0. The van der Waals surface area contributed by atoms with Gasteiger partial charge in [-0.15, -0.1) is 0 Å². The number of hydrogen-bond donors (Lipinski definition) is 0. The summed E-state index contributed by atoms with van der Waals surface area (Å²) in [5.41, 5.74) is 3.38. The lowest BCUT2D eigenvalue weighted by Crippen LogP contribution is -2.46. The molecule has 2 bridgehead atoms. The Hall–Kier alpha value is -0.0800. The highest BCUT2D eigenvalue weighted by Crippen LogP contribution is 2.37. The van der Waals surface area contributed by atoms with Crippen LogP contribution >= 0.6 is 0 Å². The van der Waals surface area contributed by atoms with Crippen molar-refractivity contribution in [2.75, 3.05) is 28.8 Å². The third-order valence-corrected chi connectivity index (χ3v) is 10.0. The van der Waals surface area contributed by atoms with Gasteiger partial charge in [-0.1, -0.05) is 45.0 Å². The van der Waals surface area contributed by atoms with Crippen LogP contribution in [0.2, 0.25) is 0 Å². The van der Waals surface area contributed by atoms with Gasteiger partial charge in [-0.25, -0.2) is 0 Å². The van der Waals surface area contributed by atoms with Crippen LogP contribution in [0.4, 0.5) is 0 Å². The summed E-state index contributed by atoms with van der Waals surface area (Å²) in [5.74, 6) is 7.63. The molecule has 3 fully saturated rings.